The van der Waals surface area contributed by atoms with Gasteiger partial charge in [-0.05, 0) is 36.8 Å². The lowest BCUT2D eigenvalue weighted by Crippen LogP contribution is -2.09. The molecule has 0 atom stereocenters. The largest absolute Gasteiger partial charge is 0.457 e. The van der Waals surface area contributed by atoms with Crippen LogP contribution in [0, 0.1) is 6.92 Å². The second-order valence-electron chi connectivity index (χ2n) is 4.39. The van der Waals surface area contributed by atoms with E-state index in [1.807, 2.05) is 19.1 Å². The van der Waals surface area contributed by atoms with Crippen LogP contribution in [0.15, 0.2) is 42.5 Å². The molecular formula is C15H13F3O2. The van der Waals surface area contributed by atoms with E-state index < -0.39 is 18.3 Å². The van der Waals surface area contributed by atoms with E-state index in [9.17, 15) is 13.2 Å². The molecule has 0 heterocycles. The van der Waals surface area contributed by atoms with Crippen LogP contribution in [0.25, 0.3) is 0 Å². The fourth-order valence-corrected chi connectivity index (χ4v) is 1.76. The summed E-state index contributed by atoms with van der Waals surface area (Å²) in [5.41, 5.74) is -0.0256. The van der Waals surface area contributed by atoms with Gasteiger partial charge in [-0.1, -0.05) is 23.8 Å². The summed E-state index contributed by atoms with van der Waals surface area (Å²) in [6.45, 7) is 1.24. The molecule has 2 aromatic carbocycles. The minimum Gasteiger partial charge on any atom is -0.457 e. The Labute approximate surface area is 114 Å². The van der Waals surface area contributed by atoms with Gasteiger partial charge in [0.1, 0.15) is 11.5 Å². The lowest BCUT2D eigenvalue weighted by molar-refractivity contribution is -0.138. The van der Waals surface area contributed by atoms with Crippen LogP contribution in [-0.4, -0.2) is 5.11 Å². The predicted molar refractivity (Wildman–Crippen MR) is 68.6 cm³/mol. The molecule has 0 spiro atoms. The highest BCUT2D eigenvalue weighted by molar-refractivity contribution is 5.40. The van der Waals surface area contributed by atoms with Gasteiger partial charge in [0.2, 0.25) is 0 Å². The molecule has 2 rings (SSSR count). The fraction of sp³-hybridized carbons (Fsp3) is 0.200. The van der Waals surface area contributed by atoms with Crippen molar-refractivity contribution in [2.45, 2.75) is 19.7 Å². The summed E-state index contributed by atoms with van der Waals surface area (Å²) in [6.07, 6.45) is -4.52. The third-order valence-electron chi connectivity index (χ3n) is 2.81. The summed E-state index contributed by atoms with van der Waals surface area (Å²) < 4.78 is 43.9. The van der Waals surface area contributed by atoms with E-state index in [-0.39, 0.29) is 11.3 Å². The van der Waals surface area contributed by atoms with E-state index in [0.29, 0.717) is 5.75 Å². The van der Waals surface area contributed by atoms with Gasteiger partial charge in [-0.15, -0.1) is 0 Å². The van der Waals surface area contributed by atoms with Crippen molar-refractivity contribution < 1.29 is 23.0 Å². The number of rotatable bonds is 3. The second kappa shape index (κ2) is 5.54. The Hall–Kier alpha value is -2.01. The number of ether oxygens (including phenoxy) is 1. The highest BCUT2D eigenvalue weighted by Crippen LogP contribution is 2.35. The van der Waals surface area contributed by atoms with Gasteiger partial charge in [0.25, 0.3) is 0 Å². The maximum Gasteiger partial charge on any atom is 0.416 e. The van der Waals surface area contributed by atoms with E-state index in [1.165, 1.54) is 12.1 Å². The Bertz CT molecular complexity index is 589. The van der Waals surface area contributed by atoms with E-state index in [2.05, 4.69) is 0 Å². The number of hydrogen-bond donors (Lipinski definition) is 1. The van der Waals surface area contributed by atoms with Gasteiger partial charge < -0.3 is 9.84 Å². The summed E-state index contributed by atoms with van der Waals surface area (Å²) in [6, 6.07) is 10.5. The van der Waals surface area contributed by atoms with Crippen molar-refractivity contribution in [3.05, 3.63) is 59.2 Å². The molecular weight excluding hydrogens is 269 g/mol. The smallest absolute Gasteiger partial charge is 0.416 e. The number of aryl methyl sites for hydroxylation is 1. The maximum absolute atomic E-state index is 12.8. The molecule has 5 heteroatoms. The normalized spacial score (nSPS) is 11.4. The topological polar surface area (TPSA) is 29.5 Å². The zero-order valence-electron chi connectivity index (χ0n) is 10.7. The van der Waals surface area contributed by atoms with Gasteiger partial charge in [-0.3, -0.25) is 0 Å². The molecule has 1 N–H and O–H groups in total. The van der Waals surface area contributed by atoms with Gasteiger partial charge in [0.05, 0.1) is 12.2 Å². The van der Waals surface area contributed by atoms with E-state index in [0.717, 1.165) is 11.6 Å². The predicted octanol–water partition coefficient (Wildman–Crippen LogP) is 4.30. The molecule has 0 unspecified atom stereocenters. The molecule has 0 saturated heterocycles. The molecule has 2 nitrogen and oxygen atoms in total. The summed E-state index contributed by atoms with van der Waals surface area (Å²) in [7, 11) is 0. The lowest BCUT2D eigenvalue weighted by atomic mass is 10.1. The van der Waals surface area contributed by atoms with Crippen LogP contribution in [0.4, 0.5) is 13.2 Å². The lowest BCUT2D eigenvalue weighted by Gasteiger charge is -2.13. The first kappa shape index (κ1) is 14.4. The van der Waals surface area contributed by atoms with Crippen molar-refractivity contribution >= 4 is 0 Å². The Morgan fingerprint density at radius 3 is 2.15 bits per heavy atom. The maximum atomic E-state index is 12.8. The summed E-state index contributed by atoms with van der Waals surface area (Å²) in [4.78, 5) is 0. The monoisotopic (exact) mass is 282 g/mol. The van der Waals surface area contributed by atoms with Gasteiger partial charge in [0.15, 0.2) is 0 Å². The Morgan fingerprint density at radius 1 is 1.00 bits per heavy atom. The van der Waals surface area contributed by atoms with Crippen LogP contribution in [-0.2, 0) is 12.8 Å². The number of hydrogen-bond acceptors (Lipinski definition) is 2. The highest BCUT2D eigenvalue weighted by atomic mass is 19.4. The van der Waals surface area contributed by atoms with Crippen LogP contribution in [0.5, 0.6) is 11.5 Å². The minimum atomic E-state index is -4.52. The number of aliphatic hydroxyl groups excluding tert-OH is 1. The van der Waals surface area contributed by atoms with Gasteiger partial charge in [0, 0.05) is 0 Å². The summed E-state index contributed by atoms with van der Waals surface area (Å²) in [5.74, 6) is 0.541. The van der Waals surface area contributed by atoms with Gasteiger partial charge >= 0.3 is 6.18 Å². The van der Waals surface area contributed by atoms with Crippen LogP contribution in [0.2, 0.25) is 0 Å². The summed E-state index contributed by atoms with van der Waals surface area (Å²) in [5, 5.41) is 8.95. The zero-order chi connectivity index (χ0) is 14.8. The number of aliphatic hydroxyl groups is 1. The first-order valence-corrected chi connectivity index (χ1v) is 5.95. The minimum absolute atomic E-state index is 0.0818. The van der Waals surface area contributed by atoms with Crippen molar-refractivity contribution in [1.82, 2.24) is 0 Å². The van der Waals surface area contributed by atoms with Crippen LogP contribution >= 0.6 is 0 Å². The molecule has 0 aliphatic heterocycles. The van der Waals surface area contributed by atoms with Crippen LogP contribution in [0.3, 0.4) is 0 Å². The highest BCUT2D eigenvalue weighted by Gasteiger charge is 2.33. The van der Waals surface area contributed by atoms with Crippen molar-refractivity contribution in [3.8, 4) is 11.5 Å². The molecule has 106 valence electrons. The second-order valence-corrected chi connectivity index (χ2v) is 4.39. The molecule has 0 aromatic heterocycles. The van der Waals surface area contributed by atoms with Crippen molar-refractivity contribution in [2.24, 2.45) is 0 Å². The van der Waals surface area contributed by atoms with E-state index in [4.69, 9.17) is 9.84 Å². The van der Waals surface area contributed by atoms with Crippen molar-refractivity contribution in [3.63, 3.8) is 0 Å². The van der Waals surface area contributed by atoms with Crippen LogP contribution in [0.1, 0.15) is 16.7 Å². The molecule has 0 radical (unpaired) electrons. The zero-order valence-corrected chi connectivity index (χ0v) is 10.7. The molecule has 0 saturated carbocycles. The standard InChI is InChI=1S/C15H13F3O2/c1-10-2-5-12(6-3-10)20-13-7-4-11(9-19)14(8-13)15(16,17)18/h2-8,19H,9H2,1H3. The SMILES string of the molecule is Cc1ccc(Oc2ccc(CO)c(C(F)(F)F)c2)cc1. The third kappa shape index (κ3) is 3.30. The van der Waals surface area contributed by atoms with Crippen molar-refractivity contribution in [2.75, 3.05) is 0 Å². The van der Waals surface area contributed by atoms with Gasteiger partial charge in [-0.25, -0.2) is 0 Å². The van der Waals surface area contributed by atoms with Gasteiger partial charge in [-0.2, -0.15) is 13.2 Å². The number of halogens is 3. The molecule has 0 aliphatic rings. The number of alkyl halides is 3. The van der Waals surface area contributed by atoms with E-state index in [1.54, 1.807) is 12.1 Å². The Balaban J connectivity index is 2.31. The molecule has 0 bridgehead atoms. The summed E-state index contributed by atoms with van der Waals surface area (Å²) >= 11 is 0. The fourth-order valence-electron chi connectivity index (χ4n) is 1.76. The molecule has 20 heavy (non-hydrogen) atoms. The average Bonchev–Trinajstić information content (AvgIpc) is 2.40. The Morgan fingerprint density at radius 2 is 1.60 bits per heavy atom. The average molecular weight is 282 g/mol. The van der Waals surface area contributed by atoms with Crippen LogP contribution < -0.4 is 4.74 Å². The molecule has 0 aliphatic carbocycles. The first-order chi connectivity index (χ1) is 9.40. The van der Waals surface area contributed by atoms with Crippen molar-refractivity contribution in [1.29, 1.82) is 0 Å². The molecule has 2 aromatic rings. The molecule has 0 fully saturated rings. The van der Waals surface area contributed by atoms with E-state index >= 15 is 0 Å². The third-order valence-corrected chi connectivity index (χ3v) is 2.81. The number of benzene rings is 2. The quantitative estimate of drug-likeness (QED) is 0.909. The Kier molecular flexibility index (Phi) is 3.99. The first-order valence-electron chi connectivity index (χ1n) is 5.95. The molecule has 0 amide bonds.